The Kier molecular flexibility index (Phi) is 9.42. The van der Waals surface area contributed by atoms with Gasteiger partial charge in [0.15, 0.2) is 11.6 Å². The minimum Gasteiger partial charge on any atom is -0.378 e. The van der Waals surface area contributed by atoms with E-state index in [9.17, 15) is 22.4 Å². The molecule has 0 radical (unpaired) electrons. The van der Waals surface area contributed by atoms with Gasteiger partial charge < -0.3 is 19.9 Å². The second-order valence-corrected chi connectivity index (χ2v) is 9.62. The highest BCUT2D eigenvalue weighted by molar-refractivity contribution is 5.93. The molecule has 1 amide bonds. The highest BCUT2D eigenvalue weighted by Gasteiger charge is 2.32. The molecule has 0 saturated carbocycles. The summed E-state index contributed by atoms with van der Waals surface area (Å²) in [6, 6.07) is 6.78. The summed E-state index contributed by atoms with van der Waals surface area (Å²) in [5, 5.41) is 2.94. The van der Waals surface area contributed by atoms with E-state index in [1.807, 2.05) is 18.7 Å². The number of morpholine rings is 1. The van der Waals surface area contributed by atoms with Crippen molar-refractivity contribution in [2.24, 2.45) is 0 Å². The van der Waals surface area contributed by atoms with E-state index < -0.39 is 23.5 Å². The predicted octanol–water partition coefficient (Wildman–Crippen LogP) is 4.99. The Morgan fingerprint density at radius 1 is 1.12 bits per heavy atom. The van der Waals surface area contributed by atoms with E-state index in [4.69, 9.17) is 4.74 Å². The van der Waals surface area contributed by atoms with Crippen molar-refractivity contribution in [1.82, 2.24) is 20.4 Å². The number of nitrogens with zero attached hydrogens (tertiary/aromatic N) is 5. The number of anilines is 5. The molecular weight excluding hydrogens is 544 g/mol. The Hall–Kier alpha value is -4.20. The van der Waals surface area contributed by atoms with Crippen LogP contribution in [0.4, 0.5) is 46.4 Å². The molecule has 4 rings (SSSR count). The van der Waals surface area contributed by atoms with Crippen molar-refractivity contribution in [3.05, 3.63) is 59.8 Å². The first-order chi connectivity index (χ1) is 19.5. The molecule has 1 aliphatic rings. The molecule has 1 saturated heterocycles. The summed E-state index contributed by atoms with van der Waals surface area (Å²) in [5.41, 5.74) is 5.25. The number of hydrazine groups is 1. The number of amides is 1. The fraction of sp³-hybridized carbons (Fsp3) is 0.407. The third-order valence-electron chi connectivity index (χ3n) is 6.63. The highest BCUT2D eigenvalue weighted by Crippen LogP contribution is 2.35. The van der Waals surface area contributed by atoms with Crippen LogP contribution in [0.1, 0.15) is 42.7 Å². The second-order valence-electron chi connectivity index (χ2n) is 9.62. The first kappa shape index (κ1) is 29.8. The van der Waals surface area contributed by atoms with Crippen molar-refractivity contribution < 1.29 is 27.1 Å². The smallest absolute Gasteiger partial charge is 0.378 e. The number of aromatic nitrogens is 3. The lowest BCUT2D eigenvalue weighted by Crippen LogP contribution is -2.38. The number of carbonyl (C=O) groups is 1. The van der Waals surface area contributed by atoms with Crippen LogP contribution in [0.5, 0.6) is 0 Å². The van der Waals surface area contributed by atoms with Gasteiger partial charge in [0, 0.05) is 37.6 Å². The molecule has 220 valence electrons. The third-order valence-corrected chi connectivity index (χ3v) is 6.63. The van der Waals surface area contributed by atoms with Gasteiger partial charge >= 0.3 is 6.18 Å². The highest BCUT2D eigenvalue weighted by atomic mass is 19.4. The Morgan fingerprint density at radius 2 is 1.88 bits per heavy atom. The van der Waals surface area contributed by atoms with Crippen molar-refractivity contribution in [2.75, 3.05) is 53.9 Å². The van der Waals surface area contributed by atoms with E-state index in [-0.39, 0.29) is 29.2 Å². The molecule has 1 unspecified atom stereocenters. The van der Waals surface area contributed by atoms with Crippen molar-refractivity contribution in [3.8, 4) is 0 Å². The molecule has 1 aliphatic heterocycles. The fourth-order valence-corrected chi connectivity index (χ4v) is 4.28. The average molecular weight is 577 g/mol. The van der Waals surface area contributed by atoms with Crippen LogP contribution in [-0.4, -0.2) is 60.3 Å². The van der Waals surface area contributed by atoms with Crippen molar-refractivity contribution in [1.29, 1.82) is 0 Å². The Labute approximate surface area is 235 Å². The number of benzene rings is 1. The standard InChI is InChI=1S/C27H32F4N8O2/c1-4-5-17(2)38(3)21-13-18(27(29,30)31)12-20(14-21)34-19-6-7-23(32-15-19)25(40)36-37-26-33-16-22(28)24(35-26)39-8-10-41-11-9-39/h6-7,12-17,34H,4-5,8-11H2,1-3H3,(H,36,40)(H,33,35,37). The molecule has 3 heterocycles. The number of nitrogens with one attached hydrogen (secondary N) is 3. The number of ether oxygens (including phenoxy) is 1. The van der Waals surface area contributed by atoms with Gasteiger partial charge in [0.25, 0.3) is 5.91 Å². The van der Waals surface area contributed by atoms with Gasteiger partial charge in [0.1, 0.15) is 5.69 Å². The Balaban J connectivity index is 1.42. The summed E-state index contributed by atoms with van der Waals surface area (Å²) < 4.78 is 60.4. The molecule has 3 N–H and O–H groups in total. The minimum absolute atomic E-state index is 0.0156. The van der Waals surface area contributed by atoms with Gasteiger partial charge in [-0.3, -0.25) is 15.6 Å². The van der Waals surface area contributed by atoms with Gasteiger partial charge in [-0.05, 0) is 43.7 Å². The van der Waals surface area contributed by atoms with Gasteiger partial charge in [-0.2, -0.15) is 18.2 Å². The van der Waals surface area contributed by atoms with Gasteiger partial charge in [-0.15, -0.1) is 0 Å². The molecule has 14 heteroatoms. The van der Waals surface area contributed by atoms with E-state index in [2.05, 4.69) is 31.1 Å². The molecule has 10 nitrogen and oxygen atoms in total. The lowest BCUT2D eigenvalue weighted by molar-refractivity contribution is -0.137. The zero-order valence-corrected chi connectivity index (χ0v) is 22.9. The fourth-order valence-electron chi connectivity index (χ4n) is 4.28. The molecule has 0 spiro atoms. The van der Waals surface area contributed by atoms with Crippen LogP contribution in [0.15, 0.2) is 42.7 Å². The molecule has 1 fully saturated rings. The number of rotatable bonds is 10. The SMILES string of the molecule is CCCC(C)N(C)c1cc(Nc2ccc(C(=O)NNc3ncc(F)c(N4CCOCC4)n3)nc2)cc(C(F)(F)F)c1. The van der Waals surface area contributed by atoms with Crippen LogP contribution in [0.3, 0.4) is 0 Å². The topological polar surface area (TPSA) is 108 Å². The molecular formula is C27H32F4N8O2. The first-order valence-electron chi connectivity index (χ1n) is 13.1. The third kappa shape index (κ3) is 7.72. The maximum absolute atomic E-state index is 14.2. The molecule has 0 bridgehead atoms. The molecule has 3 aromatic rings. The normalized spacial score (nSPS) is 14.4. The lowest BCUT2D eigenvalue weighted by atomic mass is 10.1. The molecule has 41 heavy (non-hydrogen) atoms. The Morgan fingerprint density at radius 3 is 2.54 bits per heavy atom. The largest absolute Gasteiger partial charge is 0.416 e. The van der Waals surface area contributed by atoms with E-state index in [0.717, 1.165) is 31.2 Å². The number of pyridine rings is 1. The van der Waals surface area contributed by atoms with E-state index in [1.54, 1.807) is 18.0 Å². The predicted molar refractivity (Wildman–Crippen MR) is 148 cm³/mol. The van der Waals surface area contributed by atoms with E-state index in [1.165, 1.54) is 18.3 Å². The Bertz CT molecular complexity index is 1330. The van der Waals surface area contributed by atoms with Crippen molar-refractivity contribution >= 4 is 34.7 Å². The van der Waals surface area contributed by atoms with Crippen LogP contribution in [0.25, 0.3) is 0 Å². The van der Waals surface area contributed by atoms with Crippen LogP contribution >= 0.6 is 0 Å². The summed E-state index contributed by atoms with van der Waals surface area (Å²) in [7, 11) is 1.77. The van der Waals surface area contributed by atoms with Gasteiger partial charge in [0.05, 0.1) is 36.9 Å². The second kappa shape index (κ2) is 13.0. The molecule has 1 aromatic carbocycles. The van der Waals surface area contributed by atoms with Crippen molar-refractivity contribution in [2.45, 2.75) is 38.9 Å². The van der Waals surface area contributed by atoms with Crippen LogP contribution in [0, 0.1) is 5.82 Å². The summed E-state index contributed by atoms with van der Waals surface area (Å²) in [6.45, 7) is 5.83. The van der Waals surface area contributed by atoms with Crippen molar-refractivity contribution in [3.63, 3.8) is 0 Å². The maximum atomic E-state index is 14.2. The quantitative estimate of drug-likeness (QED) is 0.227. The number of hydrogen-bond acceptors (Lipinski definition) is 9. The minimum atomic E-state index is -4.52. The zero-order chi connectivity index (χ0) is 29.6. The van der Waals surface area contributed by atoms with Gasteiger partial charge in [-0.25, -0.2) is 14.4 Å². The number of carbonyl (C=O) groups excluding carboxylic acids is 1. The maximum Gasteiger partial charge on any atom is 0.416 e. The lowest BCUT2D eigenvalue weighted by Gasteiger charge is -2.28. The number of alkyl halides is 3. The van der Waals surface area contributed by atoms with Gasteiger partial charge in [-0.1, -0.05) is 13.3 Å². The number of hydrogen-bond donors (Lipinski definition) is 3. The molecule has 2 aromatic heterocycles. The van der Waals surface area contributed by atoms with Crippen LogP contribution < -0.4 is 26.0 Å². The average Bonchev–Trinajstić information content (AvgIpc) is 2.96. The summed E-state index contributed by atoms with van der Waals surface area (Å²) in [4.78, 5) is 28.2. The number of halogens is 4. The molecule has 1 atom stereocenters. The summed E-state index contributed by atoms with van der Waals surface area (Å²) in [6.07, 6.45) is -0.440. The summed E-state index contributed by atoms with van der Waals surface area (Å²) >= 11 is 0. The summed E-state index contributed by atoms with van der Waals surface area (Å²) in [5.74, 6) is -1.13. The van der Waals surface area contributed by atoms with Crippen LogP contribution in [0.2, 0.25) is 0 Å². The first-order valence-corrected chi connectivity index (χ1v) is 13.1. The van der Waals surface area contributed by atoms with E-state index >= 15 is 0 Å². The zero-order valence-electron chi connectivity index (χ0n) is 22.9. The van der Waals surface area contributed by atoms with Gasteiger partial charge in [0.2, 0.25) is 5.95 Å². The van der Waals surface area contributed by atoms with Crippen LogP contribution in [-0.2, 0) is 10.9 Å². The molecule has 0 aliphatic carbocycles. The monoisotopic (exact) mass is 576 g/mol. The van der Waals surface area contributed by atoms with E-state index in [0.29, 0.717) is 37.7 Å².